The lowest BCUT2D eigenvalue weighted by molar-refractivity contribution is 0.102. The minimum atomic E-state index is -0.357. The molecule has 0 spiro atoms. The van der Waals surface area contributed by atoms with Gasteiger partial charge in [0, 0.05) is 28.7 Å². The first kappa shape index (κ1) is 18.1. The molecule has 1 amide bonds. The first-order chi connectivity index (χ1) is 13.6. The summed E-state index contributed by atoms with van der Waals surface area (Å²) in [6.07, 6.45) is 1.52. The van der Waals surface area contributed by atoms with Gasteiger partial charge in [-0.05, 0) is 42.8 Å². The molecule has 0 saturated carbocycles. The van der Waals surface area contributed by atoms with Crippen molar-refractivity contribution in [3.63, 3.8) is 0 Å². The zero-order valence-corrected chi connectivity index (χ0v) is 15.8. The molecule has 0 bridgehead atoms. The Labute approximate surface area is 166 Å². The molecule has 2 aromatic carbocycles. The third kappa shape index (κ3) is 3.99. The Morgan fingerprint density at radius 1 is 1.07 bits per heavy atom. The number of amides is 1. The van der Waals surface area contributed by atoms with E-state index in [1.165, 1.54) is 6.20 Å². The molecule has 1 aliphatic heterocycles. The van der Waals surface area contributed by atoms with Gasteiger partial charge in [-0.2, -0.15) is 0 Å². The van der Waals surface area contributed by atoms with Crippen molar-refractivity contribution in [2.75, 3.05) is 23.8 Å². The Balaban J connectivity index is 1.51. The van der Waals surface area contributed by atoms with Crippen molar-refractivity contribution in [3.05, 3.63) is 64.9 Å². The number of benzene rings is 2. The lowest BCUT2D eigenvalue weighted by Gasteiger charge is -2.19. The van der Waals surface area contributed by atoms with Crippen molar-refractivity contribution in [2.24, 2.45) is 0 Å². The van der Waals surface area contributed by atoms with Crippen LogP contribution in [0.25, 0.3) is 0 Å². The minimum absolute atomic E-state index is 0.229. The summed E-state index contributed by atoms with van der Waals surface area (Å²) < 4.78 is 11.0. The van der Waals surface area contributed by atoms with Gasteiger partial charge in [0.1, 0.15) is 18.9 Å². The van der Waals surface area contributed by atoms with Gasteiger partial charge in [0.2, 0.25) is 5.95 Å². The third-order valence-electron chi connectivity index (χ3n) is 4.13. The van der Waals surface area contributed by atoms with Gasteiger partial charge in [-0.15, -0.1) is 0 Å². The summed E-state index contributed by atoms with van der Waals surface area (Å²) in [5.41, 5.74) is 2.58. The standard InChI is InChI=1S/C20H17ClN4O3/c1-12-2-3-13(21)10-16(12)25-20-22-7-6-15(24-20)19(26)23-14-4-5-17-18(11-14)28-9-8-27-17/h2-7,10-11H,8-9H2,1H3,(H,23,26)(H,22,24,25). The van der Waals surface area contributed by atoms with Gasteiger partial charge in [-0.1, -0.05) is 17.7 Å². The normalized spacial score (nSPS) is 12.4. The SMILES string of the molecule is Cc1ccc(Cl)cc1Nc1nccc(C(=O)Nc2ccc3c(c2)OCCO3)n1. The Bertz CT molecular complexity index is 1040. The number of carbonyl (C=O) groups excluding carboxylic acids is 1. The van der Waals surface area contributed by atoms with Gasteiger partial charge in [0.05, 0.1) is 0 Å². The van der Waals surface area contributed by atoms with Crippen LogP contribution in [-0.4, -0.2) is 29.1 Å². The van der Waals surface area contributed by atoms with Crippen LogP contribution in [0.4, 0.5) is 17.3 Å². The van der Waals surface area contributed by atoms with E-state index in [-0.39, 0.29) is 11.6 Å². The molecule has 4 rings (SSSR count). The van der Waals surface area contributed by atoms with Crippen LogP contribution in [0, 0.1) is 6.92 Å². The molecule has 0 saturated heterocycles. The number of aryl methyl sites for hydroxylation is 1. The predicted octanol–water partition coefficient (Wildman–Crippen LogP) is 4.21. The molecule has 0 unspecified atom stereocenters. The number of rotatable bonds is 4. The Morgan fingerprint density at radius 2 is 1.89 bits per heavy atom. The number of nitrogens with zero attached hydrogens (tertiary/aromatic N) is 2. The van der Waals surface area contributed by atoms with Crippen molar-refractivity contribution >= 4 is 34.8 Å². The number of aromatic nitrogens is 2. The summed E-state index contributed by atoms with van der Waals surface area (Å²) in [4.78, 5) is 21.0. The molecule has 7 nitrogen and oxygen atoms in total. The van der Waals surface area contributed by atoms with E-state index in [1.54, 1.807) is 36.4 Å². The first-order valence-electron chi connectivity index (χ1n) is 8.66. The van der Waals surface area contributed by atoms with Gasteiger partial charge >= 0.3 is 0 Å². The number of halogens is 1. The number of anilines is 3. The second-order valence-corrected chi connectivity index (χ2v) is 6.60. The maximum atomic E-state index is 12.6. The van der Waals surface area contributed by atoms with Crippen LogP contribution in [0.5, 0.6) is 11.5 Å². The molecule has 1 aromatic heterocycles. The highest BCUT2D eigenvalue weighted by Gasteiger charge is 2.14. The second kappa shape index (κ2) is 7.74. The van der Waals surface area contributed by atoms with Crippen LogP contribution >= 0.6 is 11.6 Å². The highest BCUT2D eigenvalue weighted by atomic mass is 35.5. The molecule has 3 aromatic rings. The van der Waals surface area contributed by atoms with Gasteiger partial charge in [-0.25, -0.2) is 9.97 Å². The summed E-state index contributed by atoms with van der Waals surface area (Å²) >= 11 is 6.04. The van der Waals surface area contributed by atoms with E-state index in [0.29, 0.717) is 41.4 Å². The van der Waals surface area contributed by atoms with Crippen LogP contribution in [0.1, 0.15) is 16.1 Å². The van der Waals surface area contributed by atoms with Crippen molar-refractivity contribution < 1.29 is 14.3 Å². The molecular weight excluding hydrogens is 380 g/mol. The van der Waals surface area contributed by atoms with Gasteiger partial charge in [0.15, 0.2) is 11.5 Å². The number of hydrogen-bond acceptors (Lipinski definition) is 6. The Hall–Kier alpha value is -3.32. The molecule has 1 aliphatic rings. The zero-order chi connectivity index (χ0) is 19.5. The highest BCUT2D eigenvalue weighted by Crippen LogP contribution is 2.32. The van der Waals surface area contributed by atoms with Crippen LogP contribution < -0.4 is 20.1 Å². The average molecular weight is 397 g/mol. The third-order valence-corrected chi connectivity index (χ3v) is 4.37. The summed E-state index contributed by atoms with van der Waals surface area (Å²) in [6.45, 7) is 2.94. The molecule has 0 fully saturated rings. The van der Waals surface area contributed by atoms with Crippen LogP contribution in [0.15, 0.2) is 48.7 Å². The summed E-state index contributed by atoms with van der Waals surface area (Å²) in [6, 6.07) is 12.3. The highest BCUT2D eigenvalue weighted by molar-refractivity contribution is 6.30. The van der Waals surface area contributed by atoms with E-state index in [4.69, 9.17) is 21.1 Å². The fraction of sp³-hybridized carbons (Fsp3) is 0.150. The Morgan fingerprint density at radius 3 is 2.75 bits per heavy atom. The maximum Gasteiger partial charge on any atom is 0.274 e. The molecule has 0 radical (unpaired) electrons. The monoisotopic (exact) mass is 396 g/mol. The Kier molecular flexibility index (Phi) is 4.99. The summed E-state index contributed by atoms with van der Waals surface area (Å²) in [5.74, 6) is 1.21. The topological polar surface area (TPSA) is 85.4 Å². The molecule has 8 heteroatoms. The largest absolute Gasteiger partial charge is 0.486 e. The van der Waals surface area contributed by atoms with E-state index < -0.39 is 0 Å². The summed E-state index contributed by atoms with van der Waals surface area (Å²) in [5, 5.41) is 6.49. The molecule has 142 valence electrons. The maximum absolute atomic E-state index is 12.6. The van der Waals surface area contributed by atoms with E-state index in [0.717, 1.165) is 11.3 Å². The van der Waals surface area contributed by atoms with Crippen molar-refractivity contribution in [3.8, 4) is 11.5 Å². The van der Waals surface area contributed by atoms with Crippen molar-refractivity contribution in [1.29, 1.82) is 0 Å². The van der Waals surface area contributed by atoms with E-state index in [2.05, 4.69) is 20.6 Å². The molecule has 0 atom stereocenters. The summed E-state index contributed by atoms with van der Waals surface area (Å²) in [7, 11) is 0. The second-order valence-electron chi connectivity index (χ2n) is 6.16. The molecule has 28 heavy (non-hydrogen) atoms. The zero-order valence-electron chi connectivity index (χ0n) is 15.0. The van der Waals surface area contributed by atoms with E-state index in [1.807, 2.05) is 13.0 Å². The fourth-order valence-corrected chi connectivity index (χ4v) is 2.88. The van der Waals surface area contributed by atoms with E-state index >= 15 is 0 Å². The number of nitrogens with one attached hydrogen (secondary N) is 2. The fourth-order valence-electron chi connectivity index (χ4n) is 2.71. The lowest BCUT2D eigenvalue weighted by Crippen LogP contribution is -2.17. The van der Waals surface area contributed by atoms with Crippen molar-refractivity contribution in [1.82, 2.24) is 9.97 Å². The minimum Gasteiger partial charge on any atom is -0.486 e. The van der Waals surface area contributed by atoms with Crippen molar-refractivity contribution in [2.45, 2.75) is 6.92 Å². The number of hydrogen-bond donors (Lipinski definition) is 2. The quantitative estimate of drug-likeness (QED) is 0.687. The van der Waals surface area contributed by atoms with Crippen LogP contribution in [-0.2, 0) is 0 Å². The van der Waals surface area contributed by atoms with Gasteiger partial charge in [-0.3, -0.25) is 4.79 Å². The molecular formula is C20H17ClN4O3. The van der Waals surface area contributed by atoms with Gasteiger partial charge in [0.25, 0.3) is 5.91 Å². The van der Waals surface area contributed by atoms with Gasteiger partial charge < -0.3 is 20.1 Å². The molecule has 0 aliphatic carbocycles. The van der Waals surface area contributed by atoms with Crippen LogP contribution in [0.2, 0.25) is 5.02 Å². The van der Waals surface area contributed by atoms with Crippen LogP contribution in [0.3, 0.4) is 0 Å². The lowest BCUT2D eigenvalue weighted by atomic mass is 10.2. The predicted molar refractivity (Wildman–Crippen MR) is 107 cm³/mol. The molecule has 2 N–H and O–H groups in total. The number of fused-ring (bicyclic) bond motifs is 1. The number of carbonyl (C=O) groups is 1. The first-order valence-corrected chi connectivity index (χ1v) is 9.03. The van der Waals surface area contributed by atoms with E-state index in [9.17, 15) is 4.79 Å². The number of ether oxygens (including phenoxy) is 2. The molecule has 2 heterocycles. The average Bonchev–Trinajstić information content (AvgIpc) is 2.71. The smallest absolute Gasteiger partial charge is 0.274 e.